The van der Waals surface area contributed by atoms with Gasteiger partial charge >= 0.3 is 0 Å². The average Bonchev–Trinajstić information content (AvgIpc) is 2.64. The van der Waals surface area contributed by atoms with Crippen molar-refractivity contribution in [1.82, 2.24) is 20.4 Å². The van der Waals surface area contributed by atoms with Crippen LogP contribution in [0.5, 0.6) is 0 Å². The molecule has 0 radical (unpaired) electrons. The first kappa shape index (κ1) is 20.4. The van der Waals surface area contributed by atoms with Crippen molar-refractivity contribution in [2.45, 2.75) is 19.4 Å². The first-order valence-electron chi connectivity index (χ1n) is 8.55. The standard InChI is InChI=1S/C18H24N4O3.ClH/c1-25-13-18(6-8-19-9-7-18)12-20-17(24)11-22-15-5-3-2-4-14(15)16(23)10-21-22;/h2-5,10,19H,6-9,11-13H2,1H3,(H,20,24);1H. The molecule has 0 bridgehead atoms. The van der Waals surface area contributed by atoms with Crippen molar-refractivity contribution in [3.8, 4) is 0 Å². The predicted molar refractivity (Wildman–Crippen MR) is 103 cm³/mol. The van der Waals surface area contributed by atoms with E-state index in [1.165, 1.54) is 6.20 Å². The van der Waals surface area contributed by atoms with Gasteiger partial charge in [-0.05, 0) is 38.1 Å². The lowest BCUT2D eigenvalue weighted by atomic mass is 9.79. The molecule has 0 atom stereocenters. The van der Waals surface area contributed by atoms with Gasteiger partial charge < -0.3 is 15.4 Å². The van der Waals surface area contributed by atoms with Crippen LogP contribution in [-0.2, 0) is 16.1 Å². The van der Waals surface area contributed by atoms with Gasteiger partial charge in [-0.15, -0.1) is 12.4 Å². The van der Waals surface area contributed by atoms with Gasteiger partial charge in [0.2, 0.25) is 11.3 Å². The van der Waals surface area contributed by atoms with E-state index in [0.29, 0.717) is 24.1 Å². The van der Waals surface area contributed by atoms with E-state index in [1.807, 2.05) is 6.07 Å². The molecule has 8 heteroatoms. The molecule has 3 rings (SSSR count). The fourth-order valence-corrected chi connectivity index (χ4v) is 3.40. The van der Waals surface area contributed by atoms with E-state index in [-0.39, 0.29) is 35.7 Å². The minimum Gasteiger partial charge on any atom is -0.384 e. The van der Waals surface area contributed by atoms with Crippen LogP contribution < -0.4 is 16.1 Å². The first-order chi connectivity index (χ1) is 12.1. The Bertz CT molecular complexity index is 797. The molecule has 2 N–H and O–H groups in total. The topological polar surface area (TPSA) is 85.2 Å². The zero-order valence-corrected chi connectivity index (χ0v) is 15.7. The summed E-state index contributed by atoms with van der Waals surface area (Å²) in [7, 11) is 1.70. The fraction of sp³-hybridized carbons (Fsp3) is 0.500. The van der Waals surface area contributed by atoms with Gasteiger partial charge in [0.15, 0.2) is 0 Å². The SMILES string of the molecule is COCC1(CNC(=O)Cn2ncc(=O)c3ccccc32)CCNCC1.Cl. The average molecular weight is 381 g/mol. The maximum Gasteiger partial charge on any atom is 0.241 e. The molecule has 0 saturated carbocycles. The lowest BCUT2D eigenvalue weighted by Crippen LogP contribution is -2.47. The molecule has 2 aromatic rings. The fourth-order valence-electron chi connectivity index (χ4n) is 3.40. The maximum absolute atomic E-state index is 12.4. The van der Waals surface area contributed by atoms with E-state index in [0.717, 1.165) is 25.9 Å². The van der Waals surface area contributed by atoms with Gasteiger partial charge in [0.05, 0.1) is 18.3 Å². The second kappa shape index (κ2) is 9.12. The Kier molecular flexibility index (Phi) is 7.14. The first-order valence-corrected chi connectivity index (χ1v) is 8.55. The van der Waals surface area contributed by atoms with Crippen molar-refractivity contribution in [2.24, 2.45) is 5.41 Å². The number of aromatic nitrogens is 2. The molecule has 1 saturated heterocycles. The van der Waals surface area contributed by atoms with Crippen molar-refractivity contribution < 1.29 is 9.53 Å². The zero-order chi connectivity index (χ0) is 17.7. The third-order valence-corrected chi connectivity index (χ3v) is 4.83. The van der Waals surface area contributed by atoms with E-state index in [2.05, 4.69) is 15.7 Å². The van der Waals surface area contributed by atoms with Crippen LogP contribution >= 0.6 is 12.4 Å². The Balaban J connectivity index is 0.00000243. The van der Waals surface area contributed by atoms with Crippen LogP contribution in [0.25, 0.3) is 10.9 Å². The number of rotatable bonds is 6. The lowest BCUT2D eigenvalue weighted by molar-refractivity contribution is -0.122. The van der Waals surface area contributed by atoms with Crippen LogP contribution in [0.15, 0.2) is 35.3 Å². The minimum absolute atomic E-state index is 0. The highest BCUT2D eigenvalue weighted by Gasteiger charge is 2.32. The molecular weight excluding hydrogens is 356 g/mol. The van der Waals surface area contributed by atoms with Crippen molar-refractivity contribution in [2.75, 3.05) is 33.4 Å². The summed E-state index contributed by atoms with van der Waals surface area (Å²) in [6.45, 7) is 3.17. The molecule has 1 amide bonds. The number of nitrogens with one attached hydrogen (secondary N) is 2. The summed E-state index contributed by atoms with van der Waals surface area (Å²) in [4.78, 5) is 24.3. The van der Waals surface area contributed by atoms with Gasteiger partial charge in [0.1, 0.15) is 6.54 Å². The Hall–Kier alpha value is -1.96. The molecule has 1 aliphatic rings. The Morgan fingerprint density at radius 2 is 2.08 bits per heavy atom. The van der Waals surface area contributed by atoms with Crippen LogP contribution in [0, 0.1) is 5.41 Å². The third-order valence-electron chi connectivity index (χ3n) is 4.83. The van der Waals surface area contributed by atoms with E-state index in [9.17, 15) is 9.59 Å². The Morgan fingerprint density at radius 1 is 1.35 bits per heavy atom. The summed E-state index contributed by atoms with van der Waals surface area (Å²) in [5.41, 5.74) is 0.508. The number of nitrogens with zero attached hydrogens (tertiary/aromatic N) is 2. The molecule has 142 valence electrons. The highest BCUT2D eigenvalue weighted by atomic mass is 35.5. The molecular formula is C18H25ClN4O3. The number of amides is 1. The Labute approximate surface area is 158 Å². The van der Waals surface area contributed by atoms with Crippen molar-refractivity contribution >= 4 is 29.2 Å². The van der Waals surface area contributed by atoms with Crippen LogP contribution in [0.3, 0.4) is 0 Å². The predicted octanol–water partition coefficient (Wildman–Crippen LogP) is 0.951. The monoisotopic (exact) mass is 380 g/mol. The van der Waals surface area contributed by atoms with E-state index < -0.39 is 0 Å². The molecule has 0 unspecified atom stereocenters. The van der Waals surface area contributed by atoms with Crippen LogP contribution in [0.2, 0.25) is 0 Å². The lowest BCUT2D eigenvalue weighted by Gasteiger charge is -2.37. The summed E-state index contributed by atoms with van der Waals surface area (Å²) in [5, 5.41) is 11.0. The molecule has 1 fully saturated rings. The highest BCUT2D eigenvalue weighted by Crippen LogP contribution is 2.28. The maximum atomic E-state index is 12.4. The number of ether oxygens (including phenoxy) is 1. The smallest absolute Gasteiger partial charge is 0.241 e. The van der Waals surface area contributed by atoms with Gasteiger partial charge in [-0.2, -0.15) is 5.10 Å². The summed E-state index contributed by atoms with van der Waals surface area (Å²) in [6.07, 6.45) is 3.20. The second-order valence-corrected chi connectivity index (χ2v) is 6.64. The van der Waals surface area contributed by atoms with Crippen LogP contribution in [0.4, 0.5) is 0 Å². The molecule has 26 heavy (non-hydrogen) atoms. The molecule has 1 aliphatic heterocycles. The van der Waals surface area contributed by atoms with Gasteiger partial charge in [-0.25, -0.2) is 0 Å². The number of para-hydroxylation sites is 1. The summed E-state index contributed by atoms with van der Waals surface area (Å²) in [6, 6.07) is 7.19. The van der Waals surface area contributed by atoms with Crippen molar-refractivity contribution in [1.29, 1.82) is 0 Å². The molecule has 0 aliphatic carbocycles. The molecule has 2 heterocycles. The van der Waals surface area contributed by atoms with E-state index in [1.54, 1.807) is 30.0 Å². The van der Waals surface area contributed by atoms with Crippen molar-refractivity contribution in [3.05, 3.63) is 40.7 Å². The quantitative estimate of drug-likeness (QED) is 0.779. The number of methoxy groups -OCH3 is 1. The minimum atomic E-state index is -0.138. The molecule has 7 nitrogen and oxygen atoms in total. The van der Waals surface area contributed by atoms with Gasteiger partial charge in [0, 0.05) is 24.5 Å². The molecule has 0 spiro atoms. The van der Waals surface area contributed by atoms with E-state index in [4.69, 9.17) is 4.74 Å². The number of piperidine rings is 1. The summed E-state index contributed by atoms with van der Waals surface area (Å²) < 4.78 is 6.94. The number of benzene rings is 1. The van der Waals surface area contributed by atoms with E-state index >= 15 is 0 Å². The normalized spacial score (nSPS) is 16.0. The van der Waals surface area contributed by atoms with Crippen molar-refractivity contribution in [3.63, 3.8) is 0 Å². The number of hydrogen-bond acceptors (Lipinski definition) is 5. The van der Waals surface area contributed by atoms with Crippen LogP contribution in [0.1, 0.15) is 12.8 Å². The number of hydrogen-bond donors (Lipinski definition) is 2. The number of carbonyl (C=O) groups excluding carboxylic acids is 1. The largest absolute Gasteiger partial charge is 0.384 e. The number of fused-ring (bicyclic) bond motifs is 1. The van der Waals surface area contributed by atoms with Gasteiger partial charge in [-0.3, -0.25) is 14.3 Å². The number of carbonyl (C=O) groups is 1. The second-order valence-electron chi connectivity index (χ2n) is 6.64. The zero-order valence-electron chi connectivity index (χ0n) is 14.9. The molecule has 1 aromatic heterocycles. The Morgan fingerprint density at radius 3 is 2.81 bits per heavy atom. The van der Waals surface area contributed by atoms with Crippen LogP contribution in [-0.4, -0.2) is 49.0 Å². The molecule has 1 aromatic carbocycles. The summed E-state index contributed by atoms with van der Waals surface area (Å²) in [5.74, 6) is -0.115. The highest BCUT2D eigenvalue weighted by molar-refractivity contribution is 5.85. The van der Waals surface area contributed by atoms with Gasteiger partial charge in [0.25, 0.3) is 0 Å². The third kappa shape index (κ3) is 4.60. The number of halogens is 1. The summed E-state index contributed by atoms with van der Waals surface area (Å²) >= 11 is 0. The van der Waals surface area contributed by atoms with Gasteiger partial charge in [-0.1, -0.05) is 12.1 Å².